The highest BCUT2D eigenvalue weighted by molar-refractivity contribution is 6.04. The van der Waals surface area contributed by atoms with Crippen LogP contribution in [0.3, 0.4) is 0 Å². The van der Waals surface area contributed by atoms with Crippen LogP contribution < -0.4 is 10.6 Å². The molecule has 6 nitrogen and oxygen atoms in total. The minimum absolute atomic E-state index is 0.144. The van der Waals surface area contributed by atoms with Gasteiger partial charge in [0.1, 0.15) is 6.33 Å². The van der Waals surface area contributed by atoms with Crippen molar-refractivity contribution >= 4 is 17.3 Å². The normalized spacial score (nSPS) is 10.6. The zero-order valence-electron chi connectivity index (χ0n) is 13.6. The van der Waals surface area contributed by atoms with Gasteiger partial charge in [-0.05, 0) is 56.3 Å². The molecular formula is C18H19N5O. The van der Waals surface area contributed by atoms with Gasteiger partial charge in [-0.25, -0.2) is 4.98 Å². The van der Waals surface area contributed by atoms with Crippen LogP contribution in [0.2, 0.25) is 0 Å². The molecule has 0 saturated heterocycles. The molecule has 0 spiro atoms. The second-order valence-electron chi connectivity index (χ2n) is 5.75. The van der Waals surface area contributed by atoms with Crippen LogP contribution in [0.1, 0.15) is 24.2 Å². The Labute approximate surface area is 140 Å². The molecule has 0 bridgehead atoms. The van der Waals surface area contributed by atoms with Gasteiger partial charge in [-0.1, -0.05) is 6.07 Å². The molecule has 0 saturated carbocycles. The lowest BCUT2D eigenvalue weighted by Crippen LogP contribution is -2.14. The van der Waals surface area contributed by atoms with Crippen molar-refractivity contribution in [1.29, 1.82) is 0 Å². The summed E-state index contributed by atoms with van der Waals surface area (Å²) in [4.78, 5) is 16.5. The van der Waals surface area contributed by atoms with Gasteiger partial charge in [0, 0.05) is 28.5 Å². The van der Waals surface area contributed by atoms with Crippen molar-refractivity contribution < 1.29 is 4.79 Å². The molecule has 3 rings (SSSR count). The Hall–Kier alpha value is -3.15. The number of nitrogens with zero attached hydrogens (tertiary/aromatic N) is 2. The van der Waals surface area contributed by atoms with Crippen molar-refractivity contribution in [2.24, 2.45) is 0 Å². The quantitative estimate of drug-likeness (QED) is 0.671. The van der Waals surface area contributed by atoms with Crippen LogP contribution in [0.5, 0.6) is 0 Å². The summed E-state index contributed by atoms with van der Waals surface area (Å²) in [6, 6.07) is 15.2. The van der Waals surface area contributed by atoms with Gasteiger partial charge in [-0.2, -0.15) is 5.10 Å². The fraction of sp³-hybridized carbons (Fsp3) is 0.167. The molecule has 122 valence electrons. The molecule has 1 amide bonds. The minimum atomic E-state index is -0.144. The number of nitrogens with one attached hydrogen (secondary N) is 3. The third-order valence-corrected chi connectivity index (χ3v) is 3.41. The molecule has 6 heteroatoms. The summed E-state index contributed by atoms with van der Waals surface area (Å²) < 4.78 is 0. The first-order valence-electron chi connectivity index (χ1n) is 7.75. The molecule has 2 aromatic carbocycles. The number of amides is 1. The van der Waals surface area contributed by atoms with Gasteiger partial charge >= 0.3 is 0 Å². The average Bonchev–Trinajstić information content (AvgIpc) is 3.09. The maximum absolute atomic E-state index is 12.4. The number of carbonyl (C=O) groups excluding carboxylic acids is 1. The van der Waals surface area contributed by atoms with E-state index < -0.39 is 0 Å². The highest BCUT2D eigenvalue weighted by Crippen LogP contribution is 2.18. The highest BCUT2D eigenvalue weighted by atomic mass is 16.1. The highest BCUT2D eigenvalue weighted by Gasteiger charge is 2.08. The zero-order chi connectivity index (χ0) is 16.9. The Morgan fingerprint density at radius 3 is 2.54 bits per heavy atom. The summed E-state index contributed by atoms with van der Waals surface area (Å²) in [5, 5.41) is 12.8. The Morgan fingerprint density at radius 2 is 1.88 bits per heavy atom. The van der Waals surface area contributed by atoms with Crippen LogP contribution in [0.4, 0.5) is 11.4 Å². The number of hydrogen-bond donors (Lipinski definition) is 3. The van der Waals surface area contributed by atoms with Gasteiger partial charge in [0.2, 0.25) is 0 Å². The topological polar surface area (TPSA) is 82.7 Å². The van der Waals surface area contributed by atoms with E-state index in [1.165, 1.54) is 6.33 Å². The third kappa shape index (κ3) is 3.78. The van der Waals surface area contributed by atoms with E-state index in [2.05, 4.69) is 39.7 Å². The summed E-state index contributed by atoms with van der Waals surface area (Å²) in [6.07, 6.45) is 1.46. The van der Waals surface area contributed by atoms with E-state index >= 15 is 0 Å². The zero-order valence-corrected chi connectivity index (χ0v) is 13.6. The van der Waals surface area contributed by atoms with Crippen molar-refractivity contribution in [2.45, 2.75) is 19.9 Å². The lowest BCUT2D eigenvalue weighted by atomic mass is 10.1. The number of benzene rings is 2. The summed E-state index contributed by atoms with van der Waals surface area (Å²) in [5.41, 5.74) is 3.18. The second-order valence-corrected chi connectivity index (χ2v) is 5.75. The van der Waals surface area contributed by atoms with Crippen molar-refractivity contribution in [3.63, 3.8) is 0 Å². The van der Waals surface area contributed by atoms with Gasteiger partial charge < -0.3 is 10.6 Å². The number of hydrogen-bond acceptors (Lipinski definition) is 4. The minimum Gasteiger partial charge on any atom is -0.383 e. The molecule has 0 unspecified atom stereocenters. The van der Waals surface area contributed by atoms with Gasteiger partial charge in [0.15, 0.2) is 5.82 Å². The molecular weight excluding hydrogens is 302 g/mol. The lowest BCUT2D eigenvalue weighted by Gasteiger charge is -2.11. The van der Waals surface area contributed by atoms with E-state index in [4.69, 9.17) is 0 Å². The van der Waals surface area contributed by atoms with Crippen molar-refractivity contribution in [3.8, 4) is 11.4 Å². The van der Waals surface area contributed by atoms with E-state index in [1.807, 2.05) is 42.5 Å². The Kier molecular flexibility index (Phi) is 4.56. The van der Waals surface area contributed by atoms with Gasteiger partial charge in [0.25, 0.3) is 5.91 Å². The molecule has 24 heavy (non-hydrogen) atoms. The number of carbonyl (C=O) groups is 1. The summed E-state index contributed by atoms with van der Waals surface area (Å²) >= 11 is 0. The maximum atomic E-state index is 12.4. The third-order valence-electron chi connectivity index (χ3n) is 3.41. The first kappa shape index (κ1) is 15.7. The lowest BCUT2D eigenvalue weighted by molar-refractivity contribution is 0.102. The Balaban J connectivity index is 1.70. The SMILES string of the molecule is CC(C)Nc1cccc(C(=O)Nc2ccc(-c3ncn[nH]3)cc2)c1. The number of aromatic amines is 1. The predicted molar refractivity (Wildman–Crippen MR) is 95.0 cm³/mol. The van der Waals surface area contributed by atoms with Crippen LogP contribution >= 0.6 is 0 Å². The number of H-pyrrole nitrogens is 1. The van der Waals surface area contributed by atoms with Gasteiger partial charge in [0.05, 0.1) is 0 Å². The maximum Gasteiger partial charge on any atom is 0.255 e. The smallest absolute Gasteiger partial charge is 0.255 e. The predicted octanol–water partition coefficient (Wildman–Crippen LogP) is 3.54. The Bertz CT molecular complexity index is 810. The second kappa shape index (κ2) is 6.95. The van der Waals surface area contributed by atoms with E-state index in [-0.39, 0.29) is 5.91 Å². The van der Waals surface area contributed by atoms with Gasteiger partial charge in [-0.3, -0.25) is 9.89 Å². The Morgan fingerprint density at radius 1 is 1.08 bits per heavy atom. The van der Waals surface area contributed by atoms with E-state index in [0.717, 1.165) is 16.9 Å². The molecule has 0 aliphatic heterocycles. The van der Waals surface area contributed by atoms with Crippen molar-refractivity contribution in [3.05, 3.63) is 60.4 Å². The fourth-order valence-electron chi connectivity index (χ4n) is 2.34. The van der Waals surface area contributed by atoms with Crippen LogP contribution in [-0.4, -0.2) is 27.1 Å². The largest absolute Gasteiger partial charge is 0.383 e. The van der Waals surface area contributed by atoms with E-state index in [1.54, 1.807) is 6.07 Å². The summed E-state index contributed by atoms with van der Waals surface area (Å²) in [7, 11) is 0. The molecule has 3 N–H and O–H groups in total. The van der Waals surface area contributed by atoms with E-state index in [0.29, 0.717) is 17.4 Å². The molecule has 0 fully saturated rings. The van der Waals surface area contributed by atoms with E-state index in [9.17, 15) is 4.79 Å². The standard InChI is InChI=1S/C18H19N5O/c1-12(2)21-16-5-3-4-14(10-16)18(24)22-15-8-6-13(7-9-15)17-19-11-20-23-17/h3-12,21H,1-2H3,(H,22,24)(H,19,20,23). The first-order chi connectivity index (χ1) is 11.6. The van der Waals surface area contributed by atoms with Crippen LogP contribution in [0.25, 0.3) is 11.4 Å². The van der Waals surface area contributed by atoms with Crippen molar-refractivity contribution in [1.82, 2.24) is 15.2 Å². The molecule has 0 radical (unpaired) electrons. The monoisotopic (exact) mass is 321 g/mol. The molecule has 3 aromatic rings. The van der Waals surface area contributed by atoms with Crippen LogP contribution in [0, 0.1) is 0 Å². The van der Waals surface area contributed by atoms with Crippen LogP contribution in [0.15, 0.2) is 54.9 Å². The molecule has 1 heterocycles. The van der Waals surface area contributed by atoms with Crippen LogP contribution in [-0.2, 0) is 0 Å². The van der Waals surface area contributed by atoms with Crippen molar-refractivity contribution in [2.75, 3.05) is 10.6 Å². The number of aromatic nitrogens is 3. The van der Waals surface area contributed by atoms with Gasteiger partial charge in [-0.15, -0.1) is 0 Å². The fourth-order valence-corrected chi connectivity index (χ4v) is 2.34. The molecule has 0 aliphatic carbocycles. The first-order valence-corrected chi connectivity index (χ1v) is 7.75. The number of anilines is 2. The molecule has 0 aliphatic rings. The number of rotatable bonds is 5. The average molecular weight is 321 g/mol. The molecule has 0 atom stereocenters. The molecule has 1 aromatic heterocycles. The summed E-state index contributed by atoms with van der Waals surface area (Å²) in [6.45, 7) is 4.12. The summed E-state index contributed by atoms with van der Waals surface area (Å²) in [5.74, 6) is 0.551.